The van der Waals surface area contributed by atoms with Crippen molar-refractivity contribution in [1.29, 1.82) is 0 Å². The van der Waals surface area contributed by atoms with Gasteiger partial charge >= 0.3 is 5.97 Å². The molecule has 0 bridgehead atoms. The molecule has 1 N–H and O–H groups in total. The van der Waals surface area contributed by atoms with Crippen LogP contribution in [0.15, 0.2) is 72.8 Å². The number of carbonyl (C=O) groups excluding carboxylic acids is 2. The van der Waals surface area contributed by atoms with E-state index in [4.69, 9.17) is 21.1 Å². The van der Waals surface area contributed by atoms with Crippen LogP contribution in [0.5, 0.6) is 11.6 Å². The fourth-order valence-electron chi connectivity index (χ4n) is 3.41. The zero-order valence-electron chi connectivity index (χ0n) is 18.6. The van der Waals surface area contributed by atoms with E-state index in [-0.39, 0.29) is 0 Å². The van der Waals surface area contributed by atoms with Gasteiger partial charge in [-0.05, 0) is 55.0 Å². The molecule has 1 aromatic heterocycles. The van der Waals surface area contributed by atoms with Crippen LogP contribution in [0.1, 0.15) is 21.6 Å². The normalized spacial score (nSPS) is 11.6. The zero-order chi connectivity index (χ0) is 24.1. The van der Waals surface area contributed by atoms with Crippen LogP contribution in [0.2, 0.25) is 5.02 Å². The number of amides is 1. The molecule has 1 amide bonds. The summed E-state index contributed by atoms with van der Waals surface area (Å²) in [5.41, 5.74) is 3.25. The number of esters is 1. The first kappa shape index (κ1) is 23.2. The van der Waals surface area contributed by atoms with Gasteiger partial charge in [0.25, 0.3) is 5.91 Å². The van der Waals surface area contributed by atoms with Crippen LogP contribution >= 0.6 is 11.6 Å². The van der Waals surface area contributed by atoms with Crippen LogP contribution in [0.4, 0.5) is 0 Å². The molecule has 0 radical (unpaired) electrons. The minimum Gasteiger partial charge on any atom is -0.467 e. The number of ether oxygens (including phenoxy) is 2. The lowest BCUT2D eigenvalue weighted by Crippen LogP contribution is -2.43. The first-order valence-electron chi connectivity index (χ1n) is 10.6. The summed E-state index contributed by atoms with van der Waals surface area (Å²) in [4.78, 5) is 34.0. The van der Waals surface area contributed by atoms with Gasteiger partial charge in [-0.3, -0.25) is 4.79 Å². The maximum atomic E-state index is 12.8. The smallest absolute Gasteiger partial charge is 0.328 e. The minimum absolute atomic E-state index is 0.324. The summed E-state index contributed by atoms with van der Waals surface area (Å²) in [7, 11) is 1.30. The molecule has 7 nitrogen and oxygen atoms in total. The van der Waals surface area contributed by atoms with E-state index in [9.17, 15) is 9.59 Å². The van der Waals surface area contributed by atoms with Crippen molar-refractivity contribution in [2.24, 2.45) is 0 Å². The van der Waals surface area contributed by atoms with Gasteiger partial charge in [0.05, 0.1) is 18.1 Å². The SMILES string of the molecule is COC(=O)[C@H](Cc1ccccc1)NC(=O)c1ccc(Oc2nc3cc(Cl)ccc3nc2C)cc1. The molecule has 0 saturated heterocycles. The molecule has 3 aromatic carbocycles. The van der Waals surface area contributed by atoms with Gasteiger partial charge in [0.1, 0.15) is 17.5 Å². The molecule has 0 saturated carbocycles. The minimum atomic E-state index is -0.807. The third kappa shape index (κ3) is 5.50. The average molecular weight is 476 g/mol. The average Bonchev–Trinajstić information content (AvgIpc) is 2.85. The number of aromatic nitrogens is 2. The quantitative estimate of drug-likeness (QED) is 0.382. The number of halogens is 1. The molecule has 172 valence electrons. The summed E-state index contributed by atoms with van der Waals surface area (Å²) in [6.45, 7) is 1.80. The van der Waals surface area contributed by atoms with Gasteiger partial charge in [-0.25, -0.2) is 14.8 Å². The Morgan fingerprint density at radius 3 is 2.41 bits per heavy atom. The molecule has 34 heavy (non-hydrogen) atoms. The third-order valence-electron chi connectivity index (χ3n) is 5.16. The van der Waals surface area contributed by atoms with Gasteiger partial charge in [-0.2, -0.15) is 0 Å². The highest BCUT2D eigenvalue weighted by atomic mass is 35.5. The Morgan fingerprint density at radius 1 is 0.971 bits per heavy atom. The van der Waals surface area contributed by atoms with Gasteiger partial charge in [-0.1, -0.05) is 41.9 Å². The Morgan fingerprint density at radius 2 is 1.71 bits per heavy atom. The second-order valence-electron chi connectivity index (χ2n) is 7.61. The number of nitrogens with one attached hydrogen (secondary N) is 1. The molecule has 0 aliphatic rings. The van der Waals surface area contributed by atoms with Crippen LogP contribution in [0.25, 0.3) is 11.0 Å². The van der Waals surface area contributed by atoms with E-state index in [0.29, 0.717) is 39.8 Å². The summed E-state index contributed by atoms with van der Waals surface area (Å²) in [6, 6.07) is 20.4. The van der Waals surface area contributed by atoms with Crippen molar-refractivity contribution in [1.82, 2.24) is 15.3 Å². The Kier molecular flexibility index (Phi) is 7.04. The fraction of sp³-hybridized carbons (Fsp3) is 0.154. The van der Waals surface area contributed by atoms with Crippen LogP contribution in [-0.4, -0.2) is 35.0 Å². The van der Waals surface area contributed by atoms with Crippen LogP contribution in [-0.2, 0) is 16.0 Å². The highest BCUT2D eigenvalue weighted by molar-refractivity contribution is 6.31. The van der Waals surface area contributed by atoms with Crippen molar-refractivity contribution >= 4 is 34.5 Å². The molecule has 0 aliphatic carbocycles. The first-order valence-corrected chi connectivity index (χ1v) is 10.9. The molecular weight excluding hydrogens is 454 g/mol. The molecule has 0 fully saturated rings. The monoisotopic (exact) mass is 475 g/mol. The Labute approximate surface area is 201 Å². The zero-order valence-corrected chi connectivity index (χ0v) is 19.4. The number of hydrogen-bond donors (Lipinski definition) is 1. The highest BCUT2D eigenvalue weighted by Crippen LogP contribution is 2.26. The van der Waals surface area contributed by atoms with Crippen molar-refractivity contribution in [2.75, 3.05) is 7.11 Å². The van der Waals surface area contributed by atoms with Crippen molar-refractivity contribution in [3.8, 4) is 11.6 Å². The number of methoxy groups -OCH3 is 1. The first-order chi connectivity index (χ1) is 16.4. The fourth-order valence-corrected chi connectivity index (χ4v) is 3.58. The number of benzene rings is 3. The standard InChI is InChI=1S/C26H22ClN3O4/c1-16-25(30-22-15-19(27)10-13-21(22)28-16)34-20-11-8-18(9-12-20)24(31)29-23(26(32)33-2)14-17-6-4-3-5-7-17/h3-13,15,23H,14H2,1-2H3,(H,29,31)/t23-/m0/s1. The number of aryl methyl sites for hydroxylation is 1. The van der Waals surface area contributed by atoms with Crippen molar-refractivity contribution in [2.45, 2.75) is 19.4 Å². The van der Waals surface area contributed by atoms with E-state index >= 15 is 0 Å². The molecule has 0 spiro atoms. The van der Waals surface area contributed by atoms with E-state index in [1.807, 2.05) is 30.3 Å². The summed E-state index contributed by atoms with van der Waals surface area (Å²) >= 11 is 6.05. The van der Waals surface area contributed by atoms with Crippen molar-refractivity contribution in [3.05, 3.63) is 94.6 Å². The number of carbonyl (C=O) groups is 2. The van der Waals surface area contributed by atoms with Crippen LogP contribution in [0, 0.1) is 6.92 Å². The van der Waals surface area contributed by atoms with Crippen LogP contribution in [0.3, 0.4) is 0 Å². The lowest BCUT2D eigenvalue weighted by atomic mass is 10.1. The van der Waals surface area contributed by atoms with Gasteiger partial charge in [0.15, 0.2) is 0 Å². The molecule has 8 heteroatoms. The Bertz CT molecular complexity index is 1330. The predicted molar refractivity (Wildman–Crippen MR) is 129 cm³/mol. The summed E-state index contributed by atoms with van der Waals surface area (Å²) < 4.78 is 10.7. The lowest BCUT2D eigenvalue weighted by molar-refractivity contribution is -0.142. The van der Waals surface area contributed by atoms with E-state index in [2.05, 4.69) is 15.3 Å². The molecular formula is C26H22ClN3O4. The number of rotatable bonds is 7. The second kappa shape index (κ2) is 10.3. The lowest BCUT2D eigenvalue weighted by Gasteiger charge is -2.17. The van der Waals surface area contributed by atoms with E-state index in [0.717, 1.165) is 11.1 Å². The number of fused-ring (bicyclic) bond motifs is 1. The van der Waals surface area contributed by atoms with Gasteiger partial charge in [0, 0.05) is 17.0 Å². The number of nitrogens with zero attached hydrogens (tertiary/aromatic N) is 2. The van der Waals surface area contributed by atoms with Gasteiger partial charge < -0.3 is 14.8 Å². The molecule has 0 aliphatic heterocycles. The maximum absolute atomic E-state index is 12.8. The van der Waals surface area contributed by atoms with Crippen LogP contribution < -0.4 is 10.1 Å². The summed E-state index contributed by atoms with van der Waals surface area (Å²) in [5.74, 6) is -0.0680. The highest BCUT2D eigenvalue weighted by Gasteiger charge is 2.22. The summed E-state index contributed by atoms with van der Waals surface area (Å²) in [5, 5.41) is 3.31. The number of hydrogen-bond acceptors (Lipinski definition) is 6. The third-order valence-corrected chi connectivity index (χ3v) is 5.40. The van der Waals surface area contributed by atoms with E-state index in [1.165, 1.54) is 7.11 Å². The molecule has 4 aromatic rings. The van der Waals surface area contributed by atoms with E-state index < -0.39 is 17.9 Å². The maximum Gasteiger partial charge on any atom is 0.328 e. The largest absolute Gasteiger partial charge is 0.467 e. The van der Waals surface area contributed by atoms with E-state index in [1.54, 1.807) is 49.4 Å². The second-order valence-corrected chi connectivity index (χ2v) is 8.05. The summed E-state index contributed by atoms with van der Waals surface area (Å²) in [6.07, 6.45) is 0.324. The van der Waals surface area contributed by atoms with Gasteiger partial charge in [0.2, 0.25) is 5.88 Å². The van der Waals surface area contributed by atoms with Crippen molar-refractivity contribution in [3.63, 3.8) is 0 Å². The predicted octanol–water partition coefficient (Wildman–Crippen LogP) is 4.90. The molecule has 0 unspecified atom stereocenters. The molecule has 4 rings (SSSR count). The van der Waals surface area contributed by atoms with Crippen molar-refractivity contribution < 1.29 is 19.1 Å². The Hall–Kier alpha value is -3.97. The topological polar surface area (TPSA) is 90.4 Å². The Balaban J connectivity index is 1.47. The molecule has 1 heterocycles. The van der Waals surface area contributed by atoms with Gasteiger partial charge in [-0.15, -0.1) is 0 Å². The molecule has 1 atom stereocenters.